The molecule has 2 N–H and O–H groups in total. The molecule has 0 aromatic carbocycles. The minimum Gasteiger partial charge on any atom is -0.481 e. The Morgan fingerprint density at radius 2 is 2.17 bits per heavy atom. The molecule has 5 heteroatoms. The molecule has 18 heavy (non-hydrogen) atoms. The second-order valence-corrected chi connectivity index (χ2v) is 3.75. The zero-order chi connectivity index (χ0) is 13.0. The summed E-state index contributed by atoms with van der Waals surface area (Å²) in [5.74, 6) is 0.0782. The van der Waals surface area contributed by atoms with E-state index in [1.165, 1.54) is 0 Å². The molecular weight excluding hydrogens is 230 g/mol. The molecule has 0 spiro atoms. The van der Waals surface area contributed by atoms with Gasteiger partial charge in [-0.1, -0.05) is 6.07 Å². The van der Waals surface area contributed by atoms with Gasteiger partial charge in [0.25, 0.3) is 5.91 Å². The number of nitrogens with zero attached hydrogens (tertiary/aromatic N) is 2. The number of nitrogens with two attached hydrogens (primary N) is 1. The van der Waals surface area contributed by atoms with E-state index in [2.05, 4.69) is 9.97 Å². The van der Waals surface area contributed by atoms with Crippen molar-refractivity contribution >= 4 is 5.91 Å². The molecule has 5 nitrogen and oxygen atoms in total. The number of rotatable bonds is 4. The van der Waals surface area contributed by atoms with Gasteiger partial charge in [-0.05, 0) is 17.7 Å². The van der Waals surface area contributed by atoms with Crippen molar-refractivity contribution in [2.45, 2.75) is 6.42 Å². The van der Waals surface area contributed by atoms with Crippen molar-refractivity contribution in [3.8, 4) is 5.88 Å². The van der Waals surface area contributed by atoms with Crippen LogP contribution >= 0.6 is 0 Å². The SMILES string of the molecule is COc1ccc(Cc2ncccc2C(N)=O)cn1. The molecule has 1 amide bonds. The number of hydrogen-bond donors (Lipinski definition) is 1. The van der Waals surface area contributed by atoms with E-state index in [1.807, 2.05) is 6.07 Å². The number of aromatic nitrogens is 2. The fourth-order valence-corrected chi connectivity index (χ4v) is 1.63. The van der Waals surface area contributed by atoms with Crippen LogP contribution in [0.25, 0.3) is 0 Å². The highest BCUT2D eigenvalue weighted by atomic mass is 16.5. The minimum absolute atomic E-state index is 0.438. The Labute approximate surface area is 105 Å². The molecular formula is C13H13N3O2. The molecule has 0 aliphatic rings. The van der Waals surface area contributed by atoms with Gasteiger partial charge < -0.3 is 10.5 Å². The fraction of sp³-hybridized carbons (Fsp3) is 0.154. The lowest BCUT2D eigenvalue weighted by atomic mass is 10.1. The lowest BCUT2D eigenvalue weighted by molar-refractivity contribution is 0.0999. The predicted molar refractivity (Wildman–Crippen MR) is 66.3 cm³/mol. The van der Waals surface area contributed by atoms with Crippen LogP contribution in [0.2, 0.25) is 0 Å². The summed E-state index contributed by atoms with van der Waals surface area (Å²) in [6, 6.07) is 7.00. The van der Waals surface area contributed by atoms with Gasteiger partial charge in [0.15, 0.2) is 0 Å². The summed E-state index contributed by atoms with van der Waals surface area (Å²) in [6.07, 6.45) is 3.84. The number of carbonyl (C=O) groups excluding carboxylic acids is 1. The van der Waals surface area contributed by atoms with Crippen LogP contribution in [0, 0.1) is 0 Å². The summed E-state index contributed by atoms with van der Waals surface area (Å²) in [4.78, 5) is 19.5. The fourth-order valence-electron chi connectivity index (χ4n) is 1.63. The van der Waals surface area contributed by atoms with Gasteiger partial charge in [0.2, 0.25) is 5.88 Å². The molecule has 0 aliphatic carbocycles. The van der Waals surface area contributed by atoms with E-state index >= 15 is 0 Å². The highest BCUT2D eigenvalue weighted by Crippen LogP contribution is 2.13. The maximum Gasteiger partial charge on any atom is 0.250 e. The molecule has 0 fully saturated rings. The Hall–Kier alpha value is -2.43. The van der Waals surface area contributed by atoms with Gasteiger partial charge in [-0.25, -0.2) is 4.98 Å². The molecule has 0 saturated carbocycles. The number of amides is 1. The van der Waals surface area contributed by atoms with Crippen molar-refractivity contribution in [1.29, 1.82) is 0 Å². The van der Waals surface area contributed by atoms with Gasteiger partial charge in [-0.15, -0.1) is 0 Å². The first-order chi connectivity index (χ1) is 8.70. The monoisotopic (exact) mass is 243 g/mol. The normalized spacial score (nSPS) is 10.1. The van der Waals surface area contributed by atoms with E-state index in [1.54, 1.807) is 37.7 Å². The Bertz CT molecular complexity index is 552. The summed E-state index contributed by atoms with van der Waals surface area (Å²) in [5.41, 5.74) is 7.33. The Balaban J connectivity index is 2.25. The van der Waals surface area contributed by atoms with Gasteiger partial charge >= 0.3 is 0 Å². The molecule has 0 radical (unpaired) electrons. The lowest BCUT2D eigenvalue weighted by Crippen LogP contribution is -2.14. The summed E-state index contributed by atoms with van der Waals surface area (Å²) in [5, 5.41) is 0. The largest absolute Gasteiger partial charge is 0.481 e. The van der Waals surface area contributed by atoms with Gasteiger partial charge in [0, 0.05) is 24.9 Å². The smallest absolute Gasteiger partial charge is 0.250 e. The van der Waals surface area contributed by atoms with Crippen LogP contribution in [-0.2, 0) is 6.42 Å². The topological polar surface area (TPSA) is 78.1 Å². The number of methoxy groups -OCH3 is 1. The summed E-state index contributed by atoms with van der Waals surface area (Å²) in [7, 11) is 1.56. The number of pyridine rings is 2. The third kappa shape index (κ3) is 2.63. The Morgan fingerprint density at radius 1 is 1.33 bits per heavy atom. The van der Waals surface area contributed by atoms with Crippen LogP contribution in [-0.4, -0.2) is 23.0 Å². The summed E-state index contributed by atoms with van der Waals surface area (Å²) >= 11 is 0. The highest BCUT2D eigenvalue weighted by Gasteiger charge is 2.09. The van der Waals surface area contributed by atoms with Crippen molar-refractivity contribution in [2.24, 2.45) is 5.73 Å². The second kappa shape index (κ2) is 5.27. The quantitative estimate of drug-likeness (QED) is 0.874. The number of carbonyl (C=O) groups is 1. The van der Waals surface area contributed by atoms with Crippen molar-refractivity contribution in [2.75, 3.05) is 7.11 Å². The second-order valence-electron chi connectivity index (χ2n) is 3.75. The minimum atomic E-state index is -0.473. The molecule has 0 atom stereocenters. The lowest BCUT2D eigenvalue weighted by Gasteiger charge is -2.05. The first-order valence-corrected chi connectivity index (χ1v) is 5.43. The van der Waals surface area contributed by atoms with E-state index < -0.39 is 5.91 Å². The van der Waals surface area contributed by atoms with E-state index in [-0.39, 0.29) is 0 Å². The van der Waals surface area contributed by atoms with Crippen LogP contribution in [0.1, 0.15) is 21.6 Å². The van der Waals surface area contributed by atoms with E-state index in [0.717, 1.165) is 5.56 Å². The maximum absolute atomic E-state index is 11.3. The van der Waals surface area contributed by atoms with Crippen molar-refractivity contribution in [1.82, 2.24) is 9.97 Å². The molecule has 2 aromatic heterocycles. The third-order valence-electron chi connectivity index (χ3n) is 2.53. The number of ether oxygens (including phenoxy) is 1. The average molecular weight is 243 g/mol. The van der Waals surface area contributed by atoms with Crippen molar-refractivity contribution in [3.05, 3.63) is 53.5 Å². The molecule has 0 unspecified atom stereocenters. The maximum atomic E-state index is 11.3. The van der Waals surface area contributed by atoms with E-state index in [4.69, 9.17) is 10.5 Å². The molecule has 0 bridgehead atoms. The summed E-state index contributed by atoms with van der Waals surface area (Å²) in [6.45, 7) is 0. The third-order valence-corrected chi connectivity index (χ3v) is 2.53. The average Bonchev–Trinajstić information content (AvgIpc) is 2.40. The van der Waals surface area contributed by atoms with Crippen molar-refractivity contribution in [3.63, 3.8) is 0 Å². The first kappa shape index (κ1) is 12.0. The van der Waals surface area contributed by atoms with Gasteiger partial charge in [-0.2, -0.15) is 0 Å². The van der Waals surface area contributed by atoms with E-state index in [0.29, 0.717) is 23.6 Å². The molecule has 2 heterocycles. The summed E-state index contributed by atoms with van der Waals surface area (Å²) < 4.78 is 4.98. The Morgan fingerprint density at radius 3 is 2.78 bits per heavy atom. The zero-order valence-corrected chi connectivity index (χ0v) is 9.96. The van der Waals surface area contributed by atoms with Crippen LogP contribution in [0.3, 0.4) is 0 Å². The first-order valence-electron chi connectivity index (χ1n) is 5.43. The molecule has 2 aromatic rings. The molecule has 92 valence electrons. The van der Waals surface area contributed by atoms with Crippen LogP contribution < -0.4 is 10.5 Å². The van der Waals surface area contributed by atoms with Crippen LogP contribution in [0.5, 0.6) is 5.88 Å². The highest BCUT2D eigenvalue weighted by molar-refractivity contribution is 5.93. The van der Waals surface area contributed by atoms with Crippen molar-refractivity contribution < 1.29 is 9.53 Å². The molecule has 0 saturated heterocycles. The van der Waals surface area contributed by atoms with Crippen LogP contribution in [0.15, 0.2) is 36.7 Å². The van der Waals surface area contributed by atoms with Gasteiger partial charge in [0.05, 0.1) is 18.4 Å². The van der Waals surface area contributed by atoms with E-state index in [9.17, 15) is 4.79 Å². The molecule has 2 rings (SSSR count). The van der Waals surface area contributed by atoms with Gasteiger partial charge in [0.1, 0.15) is 0 Å². The standard InChI is InChI=1S/C13H13N3O2/c1-18-12-5-4-9(8-16-12)7-11-10(13(14)17)3-2-6-15-11/h2-6,8H,7H2,1H3,(H2,14,17). The van der Waals surface area contributed by atoms with Crippen LogP contribution in [0.4, 0.5) is 0 Å². The molecule has 0 aliphatic heterocycles. The predicted octanol–water partition coefficient (Wildman–Crippen LogP) is 1.17. The van der Waals surface area contributed by atoms with Gasteiger partial charge in [-0.3, -0.25) is 9.78 Å². The Kier molecular flexibility index (Phi) is 3.52. The number of primary amides is 1. The number of hydrogen-bond acceptors (Lipinski definition) is 4. The zero-order valence-electron chi connectivity index (χ0n) is 9.96.